The summed E-state index contributed by atoms with van der Waals surface area (Å²) in [6.07, 6.45) is 0. The third kappa shape index (κ3) is 9.72. The van der Waals surface area contributed by atoms with Crippen molar-refractivity contribution >= 4 is 34.3 Å². The molecule has 1 N–H and O–H groups in total. The zero-order valence-electron chi connectivity index (χ0n) is 28.7. The van der Waals surface area contributed by atoms with Gasteiger partial charge in [-0.2, -0.15) is 0 Å². The molecule has 0 spiro atoms. The van der Waals surface area contributed by atoms with Gasteiger partial charge >= 0.3 is 103 Å². The average molecular weight is 767 g/mol. The number of hydrogen-bond acceptors (Lipinski definition) is 12. The summed E-state index contributed by atoms with van der Waals surface area (Å²) >= 11 is 0. The van der Waals surface area contributed by atoms with Crippen molar-refractivity contribution in [2.45, 2.75) is 6.92 Å². The quantitative estimate of drug-likeness (QED) is 0.139. The second-order valence-corrected chi connectivity index (χ2v) is 11.6. The van der Waals surface area contributed by atoms with E-state index in [1.54, 1.807) is 35.2 Å². The van der Waals surface area contributed by atoms with Crippen LogP contribution in [-0.2, 0) is 14.3 Å². The Bertz CT molecular complexity index is 2130. The molecule has 52 heavy (non-hydrogen) atoms. The molecule has 0 atom stereocenters. The second-order valence-electron chi connectivity index (χ2n) is 11.6. The molecule has 0 aromatic heterocycles. The van der Waals surface area contributed by atoms with E-state index in [1.165, 1.54) is 4.90 Å². The van der Waals surface area contributed by atoms with Gasteiger partial charge in [-0.05, 0) is 54.4 Å². The van der Waals surface area contributed by atoms with E-state index in [0.717, 1.165) is 29.8 Å². The van der Waals surface area contributed by atoms with E-state index < -0.39 is 47.8 Å². The third-order valence-electron chi connectivity index (χ3n) is 8.14. The summed E-state index contributed by atoms with van der Waals surface area (Å²) in [5.41, 5.74) is 1.52. The maximum atomic E-state index is 14.7. The second kappa shape index (κ2) is 18.6. The predicted octanol–water partition coefficient (Wildman–Crippen LogP) is -3.53. The third-order valence-corrected chi connectivity index (χ3v) is 8.14. The van der Waals surface area contributed by atoms with Crippen molar-refractivity contribution in [2.75, 3.05) is 62.4 Å². The zero-order chi connectivity index (χ0) is 35.5. The largest absolute Gasteiger partial charge is 1.00 e. The van der Waals surface area contributed by atoms with Crippen LogP contribution in [-0.4, -0.2) is 69.7 Å². The Morgan fingerprint density at radius 1 is 0.788 bits per heavy atom. The standard InChI is InChI=1S/C36H32F2N2O10.2K/c1-20-2-4-26-32(12-20)48-10-11-49-33-13-21(3-5-27(33)40(19-35(45)46)7-9-47-8-6-39(26)18-34(43)44)36-22-14-24(37)28(41)16-30(22)50-31-17-29(42)25(38)15-23(31)36;;/h2-5,12-17,41H,6-11,18-19H2,1H3,(H,43,44)(H,45,46);;/q;2*+1/p-2. The number of ether oxygens (including phenoxy) is 3. The van der Waals surface area contributed by atoms with Gasteiger partial charge in [-0.25, -0.2) is 8.78 Å². The molecule has 0 fully saturated rings. The van der Waals surface area contributed by atoms with Crippen LogP contribution in [0.1, 0.15) is 5.56 Å². The van der Waals surface area contributed by atoms with Crippen molar-refractivity contribution in [1.82, 2.24) is 0 Å². The first kappa shape index (κ1) is 42.1. The number of carbonyl (C=O) groups is 2. The van der Waals surface area contributed by atoms with Crippen LogP contribution in [0.15, 0.2) is 69.9 Å². The molecule has 1 aliphatic carbocycles. The van der Waals surface area contributed by atoms with Gasteiger partial charge in [-0.3, -0.25) is 4.79 Å². The number of rotatable bonds is 5. The molecule has 3 aromatic carbocycles. The van der Waals surface area contributed by atoms with Gasteiger partial charge in [0, 0.05) is 41.7 Å². The Balaban J connectivity index is 0.00000302. The Morgan fingerprint density at radius 3 is 2.00 bits per heavy atom. The minimum atomic E-state index is -1.38. The van der Waals surface area contributed by atoms with Crippen LogP contribution in [0, 0.1) is 18.6 Å². The van der Waals surface area contributed by atoms with Gasteiger partial charge in [0.15, 0.2) is 17.4 Å². The number of nitrogens with zero attached hydrogens (tertiary/aromatic N) is 2. The molecule has 16 heteroatoms. The van der Waals surface area contributed by atoms with Crippen molar-refractivity contribution in [3.63, 3.8) is 0 Å². The van der Waals surface area contributed by atoms with Gasteiger partial charge < -0.3 is 53.3 Å². The van der Waals surface area contributed by atoms with E-state index in [2.05, 4.69) is 0 Å². The molecule has 2 heterocycles. The summed E-state index contributed by atoms with van der Waals surface area (Å²) in [6, 6.07) is 14.0. The number of phenols is 1. The minimum absolute atomic E-state index is 0. The van der Waals surface area contributed by atoms with Crippen LogP contribution in [0.2, 0.25) is 0 Å². The van der Waals surface area contributed by atoms with Crippen molar-refractivity contribution in [1.29, 1.82) is 0 Å². The Kier molecular flexibility index (Phi) is 15.1. The maximum Gasteiger partial charge on any atom is 1.00 e. The van der Waals surface area contributed by atoms with Gasteiger partial charge in [0.1, 0.15) is 36.1 Å². The number of aryl methyl sites for hydroxylation is 1. The Labute approximate surface area is 381 Å². The van der Waals surface area contributed by atoms with Crippen LogP contribution in [0.3, 0.4) is 0 Å². The molecular formula is C36H30F2K2N2O10. The van der Waals surface area contributed by atoms with Crippen LogP contribution in [0.25, 0.3) is 33.4 Å². The first-order valence-corrected chi connectivity index (χ1v) is 15.5. The topological polar surface area (TPSA) is 165 Å². The number of fused-ring (bicyclic) bond motifs is 4. The number of carboxylic acid groups (broad SMARTS) is 2. The molecule has 0 unspecified atom stereocenters. The molecule has 0 radical (unpaired) electrons. The van der Waals surface area contributed by atoms with Crippen LogP contribution < -0.4 is 138 Å². The normalized spacial score (nSPS) is 13.7. The van der Waals surface area contributed by atoms with Crippen LogP contribution in [0.4, 0.5) is 20.2 Å². The molecule has 0 bridgehead atoms. The van der Waals surface area contributed by atoms with E-state index in [9.17, 15) is 38.5 Å². The minimum Gasteiger partial charge on any atom is -0.548 e. The first-order valence-electron chi connectivity index (χ1n) is 15.5. The summed E-state index contributed by atoms with van der Waals surface area (Å²) in [7, 11) is 0. The molecule has 3 aliphatic rings. The monoisotopic (exact) mass is 766 g/mol. The molecule has 0 amide bonds. The molecule has 2 aliphatic heterocycles. The van der Waals surface area contributed by atoms with E-state index >= 15 is 0 Å². The van der Waals surface area contributed by atoms with Gasteiger partial charge in [0.25, 0.3) is 0 Å². The number of benzene rings is 4. The summed E-state index contributed by atoms with van der Waals surface area (Å²) in [5, 5.41) is 33.6. The van der Waals surface area contributed by atoms with Crippen LogP contribution in [0.5, 0.6) is 17.2 Å². The van der Waals surface area contributed by atoms with Crippen molar-refractivity contribution in [3.05, 3.63) is 88.1 Å². The summed E-state index contributed by atoms with van der Waals surface area (Å²) in [5.74, 6) is -4.86. The first-order chi connectivity index (χ1) is 24.0. The molecule has 3 aromatic rings. The number of halogens is 2. The number of anilines is 2. The van der Waals surface area contributed by atoms with E-state index in [4.69, 9.17) is 18.6 Å². The fourth-order valence-electron chi connectivity index (χ4n) is 5.89. The summed E-state index contributed by atoms with van der Waals surface area (Å²) < 4.78 is 53.2. The van der Waals surface area contributed by atoms with E-state index in [1.807, 2.05) is 13.0 Å². The summed E-state index contributed by atoms with van der Waals surface area (Å²) in [6.45, 7) is 1.16. The molecule has 260 valence electrons. The molecule has 12 nitrogen and oxygen atoms in total. The SMILES string of the molecule is Cc1ccc2c(c1)OCCOc1cc(-c3c4cc(F)c(=O)cc-4oc4cc(O)c(F)cc34)ccc1N(CC(=O)[O-])CCOCCN2CC(=O)[O-].[K+].[K+]. The van der Waals surface area contributed by atoms with Crippen molar-refractivity contribution in [2.24, 2.45) is 0 Å². The number of carboxylic acids is 2. The number of phenolic OH excluding ortho intramolecular Hbond substituents is 1. The van der Waals surface area contributed by atoms with Gasteiger partial charge in [-0.1, -0.05) is 12.1 Å². The predicted molar refractivity (Wildman–Crippen MR) is 174 cm³/mol. The van der Waals surface area contributed by atoms with Gasteiger partial charge in [-0.15, -0.1) is 0 Å². The molecule has 0 saturated heterocycles. The van der Waals surface area contributed by atoms with Crippen molar-refractivity contribution < 1.29 is 155 Å². The fraction of sp³-hybridized carbons (Fsp3) is 0.250. The number of aliphatic carboxylic acids is 2. The van der Waals surface area contributed by atoms with Crippen molar-refractivity contribution in [3.8, 4) is 39.7 Å². The Hall–Kier alpha value is -2.62. The van der Waals surface area contributed by atoms with Gasteiger partial charge in [0.05, 0.1) is 49.6 Å². The smallest absolute Gasteiger partial charge is 0.548 e. The van der Waals surface area contributed by atoms with Gasteiger partial charge in [0.2, 0.25) is 5.43 Å². The number of hydrogen-bond donors (Lipinski definition) is 1. The summed E-state index contributed by atoms with van der Waals surface area (Å²) in [4.78, 5) is 38.6. The zero-order valence-corrected chi connectivity index (χ0v) is 34.9. The maximum absolute atomic E-state index is 14.7. The van der Waals surface area contributed by atoms with E-state index in [0.29, 0.717) is 22.7 Å². The van der Waals surface area contributed by atoms with E-state index in [-0.39, 0.29) is 176 Å². The molecule has 6 rings (SSSR count). The Morgan fingerprint density at radius 2 is 1.38 bits per heavy atom. The number of aromatic hydroxyl groups is 1. The fourth-order valence-corrected chi connectivity index (χ4v) is 5.89. The molecule has 0 saturated carbocycles. The molecular weight excluding hydrogens is 737 g/mol. The number of carbonyl (C=O) groups excluding carboxylic acids is 2. The van der Waals surface area contributed by atoms with Crippen LogP contribution >= 0.6 is 0 Å². The average Bonchev–Trinajstić information content (AvgIpc) is 3.06.